The fourth-order valence-corrected chi connectivity index (χ4v) is 6.07. The second kappa shape index (κ2) is 11.5. The van der Waals surface area contributed by atoms with Crippen LogP contribution < -0.4 is 10.2 Å². The van der Waals surface area contributed by atoms with Crippen molar-refractivity contribution >= 4 is 17.5 Å². The Bertz CT molecular complexity index is 1240. The molecule has 3 aromatic rings. The third kappa shape index (κ3) is 5.38. The molecule has 198 valence electrons. The minimum absolute atomic E-state index is 0.0547. The lowest BCUT2D eigenvalue weighted by atomic mass is 9.81. The Morgan fingerprint density at radius 2 is 1.53 bits per heavy atom. The number of amides is 2. The minimum Gasteiger partial charge on any atom is -0.373 e. The molecule has 6 heteroatoms. The van der Waals surface area contributed by atoms with E-state index in [1.165, 1.54) is 0 Å². The van der Waals surface area contributed by atoms with Gasteiger partial charge in [0.15, 0.2) is 0 Å². The van der Waals surface area contributed by atoms with Crippen molar-refractivity contribution in [1.82, 2.24) is 10.2 Å². The molecule has 4 unspecified atom stereocenters. The summed E-state index contributed by atoms with van der Waals surface area (Å²) in [4.78, 5) is 32.5. The normalized spacial score (nSPS) is 24.5. The third-order valence-electron chi connectivity index (χ3n) is 7.65. The number of ether oxygens (including phenoxy) is 1. The van der Waals surface area contributed by atoms with Gasteiger partial charge in [-0.1, -0.05) is 73.7 Å². The van der Waals surface area contributed by atoms with Crippen LogP contribution in [0.15, 0.2) is 84.9 Å². The van der Waals surface area contributed by atoms with Crippen molar-refractivity contribution < 1.29 is 14.3 Å². The maximum absolute atomic E-state index is 14.3. The molecule has 5 rings (SSSR count). The highest BCUT2D eigenvalue weighted by molar-refractivity contribution is 6.11. The molecular formula is C32H37N3O3. The molecule has 2 aliphatic rings. The number of morpholine rings is 1. The second-order valence-corrected chi connectivity index (χ2v) is 10.5. The Morgan fingerprint density at radius 1 is 0.921 bits per heavy atom. The predicted octanol–water partition coefficient (Wildman–Crippen LogP) is 5.18. The van der Waals surface area contributed by atoms with Crippen LogP contribution in [0.25, 0.3) is 0 Å². The lowest BCUT2D eigenvalue weighted by Gasteiger charge is -2.45. The van der Waals surface area contributed by atoms with Gasteiger partial charge in [-0.25, -0.2) is 0 Å². The van der Waals surface area contributed by atoms with Crippen molar-refractivity contribution in [1.29, 1.82) is 0 Å². The van der Waals surface area contributed by atoms with Gasteiger partial charge in [0.2, 0.25) is 5.91 Å². The highest BCUT2D eigenvalue weighted by Crippen LogP contribution is 2.38. The number of fused-ring (bicyclic) bond motifs is 1. The number of benzene rings is 3. The number of nitrogens with one attached hydrogen (secondary N) is 1. The first-order chi connectivity index (χ1) is 18.5. The van der Waals surface area contributed by atoms with Crippen LogP contribution in [0.2, 0.25) is 0 Å². The summed E-state index contributed by atoms with van der Waals surface area (Å²) in [5.41, 5.74) is 3.27. The maximum Gasteiger partial charge on any atom is 0.258 e. The summed E-state index contributed by atoms with van der Waals surface area (Å²) in [5, 5.41) is 3.35. The Kier molecular flexibility index (Phi) is 7.91. The molecule has 38 heavy (non-hydrogen) atoms. The standard InChI is InChI=1S/C32H37N3O3/c1-4-28(24-13-7-5-8-14-24)33-31(36)30-26-17-11-12-18-27(26)32(37)35(25-15-9-6-10-16-25)29(30)21-34-19-22(2)38-23(3)20-34/h5-18,22-23,28-30H,4,19-21H2,1-3H3,(H,33,36)/t22?,23?,28-,29?,30?/m0/s1. The van der Waals surface area contributed by atoms with Crippen molar-refractivity contribution in [3.05, 3.63) is 102 Å². The first-order valence-electron chi connectivity index (χ1n) is 13.7. The number of hydrogen-bond donors (Lipinski definition) is 1. The van der Waals surface area contributed by atoms with Crippen molar-refractivity contribution in [3.8, 4) is 0 Å². The first-order valence-corrected chi connectivity index (χ1v) is 13.7. The zero-order chi connectivity index (χ0) is 26.6. The molecule has 0 radical (unpaired) electrons. The number of carbonyl (C=O) groups excluding carboxylic acids is 2. The molecule has 0 spiro atoms. The largest absolute Gasteiger partial charge is 0.373 e. The number of anilines is 1. The molecule has 1 fully saturated rings. The highest BCUT2D eigenvalue weighted by atomic mass is 16.5. The van der Waals surface area contributed by atoms with Gasteiger partial charge in [0.1, 0.15) is 0 Å². The van der Waals surface area contributed by atoms with Gasteiger partial charge in [-0.05, 0) is 49.6 Å². The van der Waals surface area contributed by atoms with Crippen LogP contribution in [0.3, 0.4) is 0 Å². The number of rotatable bonds is 7. The third-order valence-corrected chi connectivity index (χ3v) is 7.65. The average Bonchev–Trinajstić information content (AvgIpc) is 2.92. The summed E-state index contributed by atoms with van der Waals surface area (Å²) in [5.74, 6) is -0.637. The van der Waals surface area contributed by atoms with E-state index in [-0.39, 0.29) is 36.1 Å². The van der Waals surface area contributed by atoms with E-state index in [1.54, 1.807) is 0 Å². The minimum atomic E-state index is -0.518. The fourth-order valence-electron chi connectivity index (χ4n) is 6.07. The van der Waals surface area contributed by atoms with Crippen molar-refractivity contribution in [2.75, 3.05) is 24.5 Å². The molecule has 2 aliphatic heterocycles. The second-order valence-electron chi connectivity index (χ2n) is 10.5. The summed E-state index contributed by atoms with van der Waals surface area (Å²) in [6.45, 7) is 8.34. The van der Waals surface area contributed by atoms with Crippen molar-refractivity contribution in [2.24, 2.45) is 0 Å². The Hall–Kier alpha value is -3.48. The van der Waals surface area contributed by atoms with E-state index in [2.05, 4.69) is 43.1 Å². The van der Waals surface area contributed by atoms with Crippen molar-refractivity contribution in [3.63, 3.8) is 0 Å². The van der Waals surface area contributed by atoms with Crippen LogP contribution in [0.1, 0.15) is 60.6 Å². The predicted molar refractivity (Wildman–Crippen MR) is 150 cm³/mol. The van der Waals surface area contributed by atoms with Crippen molar-refractivity contribution in [2.45, 2.75) is 57.4 Å². The van der Waals surface area contributed by atoms with Crippen LogP contribution in [0.5, 0.6) is 0 Å². The summed E-state index contributed by atoms with van der Waals surface area (Å²) < 4.78 is 5.98. The summed E-state index contributed by atoms with van der Waals surface area (Å²) >= 11 is 0. The molecule has 0 aromatic heterocycles. The lowest BCUT2D eigenvalue weighted by molar-refractivity contribution is -0.124. The van der Waals surface area contributed by atoms with E-state index in [9.17, 15) is 9.59 Å². The highest BCUT2D eigenvalue weighted by Gasteiger charge is 2.45. The number of para-hydroxylation sites is 1. The SMILES string of the molecule is CC[C@H](NC(=O)C1c2ccccc2C(=O)N(c2ccccc2)C1CN1CC(C)OC(C)C1)c1ccccc1. The summed E-state index contributed by atoms with van der Waals surface area (Å²) in [6.07, 6.45) is 0.949. The Balaban J connectivity index is 1.57. The maximum atomic E-state index is 14.3. The van der Waals surface area contributed by atoms with Gasteiger partial charge in [0.25, 0.3) is 5.91 Å². The summed E-state index contributed by atoms with van der Waals surface area (Å²) in [7, 11) is 0. The number of hydrogen-bond acceptors (Lipinski definition) is 4. The molecule has 1 saturated heterocycles. The monoisotopic (exact) mass is 511 g/mol. The van der Waals surface area contributed by atoms with Crippen LogP contribution in [-0.2, 0) is 9.53 Å². The molecule has 6 nitrogen and oxygen atoms in total. The quantitative estimate of drug-likeness (QED) is 0.475. The Labute approximate surface area is 225 Å². The van der Waals surface area contributed by atoms with Gasteiger partial charge < -0.3 is 15.0 Å². The molecule has 3 aromatic carbocycles. The molecule has 0 bridgehead atoms. The van der Waals surface area contributed by atoms with Gasteiger partial charge in [-0.2, -0.15) is 0 Å². The number of carbonyl (C=O) groups is 2. The molecule has 2 heterocycles. The fraction of sp³-hybridized carbons (Fsp3) is 0.375. The first kappa shape index (κ1) is 26.1. The van der Waals surface area contributed by atoms with Gasteiger partial charge in [0.05, 0.1) is 30.2 Å². The lowest BCUT2D eigenvalue weighted by Crippen LogP contribution is -2.59. The van der Waals surface area contributed by atoms with Crippen LogP contribution in [-0.4, -0.2) is 54.6 Å². The average molecular weight is 512 g/mol. The zero-order valence-corrected chi connectivity index (χ0v) is 22.4. The molecule has 5 atom stereocenters. The molecule has 0 aliphatic carbocycles. The van der Waals surface area contributed by atoms with E-state index in [0.717, 1.165) is 36.3 Å². The van der Waals surface area contributed by atoms with E-state index < -0.39 is 5.92 Å². The van der Waals surface area contributed by atoms with Gasteiger partial charge in [-0.15, -0.1) is 0 Å². The van der Waals surface area contributed by atoms with E-state index >= 15 is 0 Å². The summed E-state index contributed by atoms with van der Waals surface area (Å²) in [6, 6.07) is 26.9. The molecular weight excluding hydrogens is 474 g/mol. The van der Waals surface area contributed by atoms with E-state index in [1.807, 2.05) is 77.7 Å². The Morgan fingerprint density at radius 3 is 2.18 bits per heavy atom. The van der Waals surface area contributed by atoms with Crippen LogP contribution in [0.4, 0.5) is 5.69 Å². The topological polar surface area (TPSA) is 61.9 Å². The number of nitrogens with zero attached hydrogens (tertiary/aromatic N) is 2. The van der Waals surface area contributed by atoms with Gasteiger partial charge >= 0.3 is 0 Å². The van der Waals surface area contributed by atoms with Crippen LogP contribution in [0, 0.1) is 0 Å². The van der Waals surface area contributed by atoms with Gasteiger partial charge in [0, 0.05) is 30.9 Å². The molecule has 2 amide bonds. The zero-order valence-electron chi connectivity index (χ0n) is 22.4. The van der Waals surface area contributed by atoms with E-state index in [4.69, 9.17) is 4.74 Å². The van der Waals surface area contributed by atoms with Crippen LogP contribution >= 0.6 is 0 Å². The molecule has 0 saturated carbocycles. The smallest absolute Gasteiger partial charge is 0.258 e. The van der Waals surface area contributed by atoms with E-state index in [0.29, 0.717) is 12.1 Å². The molecule has 1 N–H and O–H groups in total. The van der Waals surface area contributed by atoms with Gasteiger partial charge in [-0.3, -0.25) is 14.5 Å².